The van der Waals surface area contributed by atoms with Crippen molar-refractivity contribution < 1.29 is 4.79 Å². The van der Waals surface area contributed by atoms with Crippen LogP contribution in [0.1, 0.15) is 37.2 Å². The third kappa shape index (κ3) is 4.82. The number of nitrogens with one attached hydrogen (secondary N) is 2. The van der Waals surface area contributed by atoms with Gasteiger partial charge in [-0.1, -0.05) is 12.1 Å². The Morgan fingerprint density at radius 3 is 2.61 bits per heavy atom. The quantitative estimate of drug-likeness (QED) is 0.749. The van der Waals surface area contributed by atoms with Crippen LogP contribution in [0.4, 0.5) is 10.5 Å². The molecule has 2 N–H and O–H groups in total. The molecule has 1 aromatic heterocycles. The first-order valence-corrected chi connectivity index (χ1v) is 11.3. The van der Waals surface area contributed by atoms with Crippen molar-refractivity contribution in [2.45, 2.75) is 38.6 Å². The molecule has 2 bridgehead atoms. The van der Waals surface area contributed by atoms with Crippen LogP contribution in [0, 0.1) is 12.8 Å². The van der Waals surface area contributed by atoms with Crippen molar-refractivity contribution in [2.75, 3.05) is 45.2 Å². The maximum Gasteiger partial charge on any atom is 0.314 e. The highest BCUT2D eigenvalue weighted by atomic mass is 16.2. The van der Waals surface area contributed by atoms with Crippen molar-refractivity contribution in [3.05, 3.63) is 41.9 Å². The molecule has 3 aliphatic heterocycles. The van der Waals surface area contributed by atoms with E-state index in [-0.39, 0.29) is 6.03 Å². The fraction of sp³-hybridized carbons (Fsp3) is 0.542. The van der Waals surface area contributed by atoms with E-state index in [4.69, 9.17) is 9.97 Å². The van der Waals surface area contributed by atoms with Crippen molar-refractivity contribution >= 4 is 11.7 Å². The van der Waals surface area contributed by atoms with E-state index >= 15 is 0 Å². The van der Waals surface area contributed by atoms with E-state index < -0.39 is 0 Å². The standard InChI is InChI=1S/C24H34N6O/c1-5-25-24(31)26-14-20-12-18-10-11-30(20)15-21(18)23-13-22(27-16(2)28-23)17-6-8-19(9-7-17)29(3)4/h6-9,13,18,20-21H,5,10-12,14-15H2,1-4H3,(H2,25,26,31)/t18-,20+,21-/m0/s1. The molecule has 0 aliphatic carbocycles. The van der Waals surface area contributed by atoms with Crippen molar-refractivity contribution in [2.24, 2.45) is 5.92 Å². The number of hydrogen-bond donors (Lipinski definition) is 2. The number of aromatic nitrogens is 2. The number of rotatable bonds is 6. The van der Waals surface area contributed by atoms with Crippen molar-refractivity contribution in [1.29, 1.82) is 0 Å². The fourth-order valence-electron chi connectivity index (χ4n) is 4.98. The Kier molecular flexibility index (Phi) is 6.41. The summed E-state index contributed by atoms with van der Waals surface area (Å²) < 4.78 is 0. The van der Waals surface area contributed by atoms with Gasteiger partial charge in [-0.25, -0.2) is 14.8 Å². The number of piperidine rings is 3. The lowest BCUT2D eigenvalue weighted by Crippen LogP contribution is -2.56. The second-order valence-electron chi connectivity index (χ2n) is 8.95. The number of aryl methyl sites for hydroxylation is 1. The topological polar surface area (TPSA) is 73.4 Å². The molecule has 4 heterocycles. The summed E-state index contributed by atoms with van der Waals surface area (Å²) in [6.07, 6.45) is 2.30. The summed E-state index contributed by atoms with van der Waals surface area (Å²) in [7, 11) is 4.10. The van der Waals surface area contributed by atoms with Crippen LogP contribution in [0.15, 0.2) is 30.3 Å². The smallest absolute Gasteiger partial charge is 0.314 e. The number of amides is 2. The first-order chi connectivity index (χ1) is 14.9. The minimum Gasteiger partial charge on any atom is -0.378 e. The van der Waals surface area contributed by atoms with Gasteiger partial charge in [-0.05, 0) is 57.4 Å². The van der Waals surface area contributed by atoms with Crippen LogP contribution in [0.25, 0.3) is 11.3 Å². The Bertz CT molecular complexity index is 913. The predicted octanol–water partition coefficient (Wildman–Crippen LogP) is 3.01. The lowest BCUT2D eigenvalue weighted by molar-refractivity contribution is 0.0305. The van der Waals surface area contributed by atoms with Gasteiger partial charge in [0.05, 0.1) is 5.69 Å². The predicted molar refractivity (Wildman–Crippen MR) is 124 cm³/mol. The molecule has 0 radical (unpaired) electrons. The molecule has 1 aromatic carbocycles. The van der Waals surface area contributed by atoms with Gasteiger partial charge in [0.1, 0.15) is 5.82 Å². The summed E-state index contributed by atoms with van der Waals surface area (Å²) in [6, 6.07) is 11.1. The Hall–Kier alpha value is -2.67. The lowest BCUT2D eigenvalue weighted by Gasteiger charge is -2.49. The zero-order valence-corrected chi connectivity index (χ0v) is 19.1. The normalized spacial score (nSPS) is 24.6. The van der Waals surface area contributed by atoms with Crippen molar-refractivity contribution in [1.82, 2.24) is 25.5 Å². The largest absolute Gasteiger partial charge is 0.378 e. The van der Waals surface area contributed by atoms with Crippen LogP contribution in [0.5, 0.6) is 0 Å². The molecular formula is C24H34N6O. The van der Waals surface area contributed by atoms with E-state index in [9.17, 15) is 4.79 Å². The SMILES string of the molecule is CCNC(=O)NC[C@H]1C[C@@H]2CCN1C[C@@H]2c1cc(-c2ccc(N(C)C)cc2)nc(C)n1. The van der Waals surface area contributed by atoms with Crippen molar-refractivity contribution in [3.63, 3.8) is 0 Å². The van der Waals surface area contributed by atoms with Gasteiger partial charge >= 0.3 is 6.03 Å². The molecule has 166 valence electrons. The number of nitrogens with zero attached hydrogens (tertiary/aromatic N) is 4. The van der Waals surface area contributed by atoms with Gasteiger partial charge in [0.15, 0.2) is 0 Å². The van der Waals surface area contributed by atoms with E-state index in [1.807, 2.05) is 13.8 Å². The average molecular weight is 423 g/mol. The number of hydrogen-bond acceptors (Lipinski definition) is 5. The summed E-state index contributed by atoms with van der Waals surface area (Å²) in [5.41, 5.74) is 4.46. The molecule has 4 atom stereocenters. The number of fused-ring (bicyclic) bond motifs is 3. The summed E-state index contributed by atoms with van der Waals surface area (Å²) in [5.74, 6) is 1.86. The molecule has 1 unspecified atom stereocenters. The van der Waals surface area contributed by atoms with Gasteiger partial charge in [-0.3, -0.25) is 4.90 Å². The summed E-state index contributed by atoms with van der Waals surface area (Å²) in [4.78, 5) is 26.0. The molecule has 3 saturated heterocycles. The number of urea groups is 1. The molecule has 0 spiro atoms. The van der Waals surface area contributed by atoms with Gasteiger partial charge in [0, 0.05) is 62.6 Å². The number of benzene rings is 1. The van der Waals surface area contributed by atoms with E-state index in [2.05, 4.69) is 64.9 Å². The molecule has 31 heavy (non-hydrogen) atoms. The average Bonchev–Trinajstić information content (AvgIpc) is 2.78. The molecule has 2 aromatic rings. The highest BCUT2D eigenvalue weighted by molar-refractivity contribution is 5.73. The van der Waals surface area contributed by atoms with Crippen molar-refractivity contribution in [3.8, 4) is 11.3 Å². The van der Waals surface area contributed by atoms with Gasteiger partial charge < -0.3 is 15.5 Å². The van der Waals surface area contributed by atoms with E-state index in [1.165, 1.54) is 12.1 Å². The highest BCUT2D eigenvalue weighted by Crippen LogP contribution is 2.41. The number of carbonyl (C=O) groups excluding carboxylic acids is 1. The minimum atomic E-state index is -0.0713. The van der Waals surface area contributed by atoms with Crippen LogP contribution >= 0.6 is 0 Å². The molecular weight excluding hydrogens is 388 g/mol. The molecule has 3 fully saturated rings. The van der Waals surface area contributed by atoms with E-state index in [0.717, 1.165) is 42.3 Å². The zero-order valence-electron chi connectivity index (χ0n) is 19.1. The molecule has 7 heteroatoms. The van der Waals surface area contributed by atoms with Crippen LogP contribution in [-0.2, 0) is 0 Å². The summed E-state index contributed by atoms with van der Waals surface area (Å²) in [5, 5.41) is 5.84. The Morgan fingerprint density at radius 1 is 1.19 bits per heavy atom. The van der Waals surface area contributed by atoms with E-state index in [0.29, 0.717) is 31.0 Å². The van der Waals surface area contributed by atoms with Crippen LogP contribution < -0.4 is 15.5 Å². The second kappa shape index (κ2) is 9.22. The second-order valence-corrected chi connectivity index (χ2v) is 8.95. The molecule has 5 rings (SSSR count). The van der Waals surface area contributed by atoms with E-state index in [1.54, 1.807) is 0 Å². The molecule has 7 nitrogen and oxygen atoms in total. The highest BCUT2D eigenvalue weighted by Gasteiger charge is 2.41. The maximum atomic E-state index is 11.8. The van der Waals surface area contributed by atoms with Gasteiger partial charge in [0.25, 0.3) is 0 Å². The Balaban J connectivity index is 1.49. The number of anilines is 1. The fourth-order valence-corrected chi connectivity index (χ4v) is 4.98. The Labute approximate surface area is 185 Å². The van der Waals surface area contributed by atoms with Crippen LogP contribution in [0.3, 0.4) is 0 Å². The third-order valence-corrected chi connectivity index (χ3v) is 6.63. The first-order valence-electron chi connectivity index (χ1n) is 11.3. The molecule has 3 aliphatic rings. The number of carbonyl (C=O) groups is 1. The maximum absolute atomic E-state index is 11.8. The first kappa shape index (κ1) is 21.6. The third-order valence-electron chi connectivity index (χ3n) is 6.63. The molecule has 0 saturated carbocycles. The molecule has 2 amide bonds. The van der Waals surface area contributed by atoms with Crippen LogP contribution in [-0.4, -0.2) is 67.2 Å². The lowest BCUT2D eigenvalue weighted by atomic mass is 9.74. The zero-order chi connectivity index (χ0) is 22.0. The van der Waals surface area contributed by atoms with Gasteiger partial charge in [0.2, 0.25) is 0 Å². The minimum absolute atomic E-state index is 0.0713. The summed E-state index contributed by atoms with van der Waals surface area (Å²) >= 11 is 0. The summed E-state index contributed by atoms with van der Waals surface area (Å²) in [6.45, 7) is 7.39. The van der Waals surface area contributed by atoms with Gasteiger partial charge in [-0.15, -0.1) is 0 Å². The monoisotopic (exact) mass is 422 g/mol. The Morgan fingerprint density at radius 2 is 1.97 bits per heavy atom. The van der Waals surface area contributed by atoms with Gasteiger partial charge in [-0.2, -0.15) is 0 Å². The van der Waals surface area contributed by atoms with Crippen LogP contribution in [0.2, 0.25) is 0 Å².